The fourth-order valence-electron chi connectivity index (χ4n) is 2.84. The first-order valence-electron chi connectivity index (χ1n) is 8.14. The van der Waals surface area contributed by atoms with Crippen molar-refractivity contribution in [3.8, 4) is 0 Å². The number of piperidine rings is 1. The quantitative estimate of drug-likeness (QED) is 0.931. The molecule has 23 heavy (non-hydrogen) atoms. The Bertz CT molecular complexity index is 611. The van der Waals surface area contributed by atoms with Gasteiger partial charge >= 0.3 is 0 Å². The van der Waals surface area contributed by atoms with Crippen molar-refractivity contribution in [3.63, 3.8) is 0 Å². The largest absolute Gasteiger partial charge is 0.329 e. The normalized spacial score (nSPS) is 18.5. The van der Waals surface area contributed by atoms with Crippen molar-refractivity contribution in [2.75, 3.05) is 6.54 Å². The molecule has 1 aromatic rings. The smallest absolute Gasteiger partial charge is 0.254 e. The Hall–Kier alpha value is -2.10. The number of hydrogen-bond acceptors (Lipinski definition) is 2. The first-order valence-corrected chi connectivity index (χ1v) is 8.14. The molecule has 0 aliphatic carbocycles. The number of carbonyl (C=O) groups excluding carboxylic acids is 2. The molecule has 1 aromatic carbocycles. The van der Waals surface area contributed by atoms with E-state index in [9.17, 15) is 9.59 Å². The molecule has 1 aliphatic heterocycles. The Morgan fingerprint density at radius 1 is 1.30 bits per heavy atom. The van der Waals surface area contributed by atoms with Gasteiger partial charge in [0.15, 0.2) is 0 Å². The van der Waals surface area contributed by atoms with Crippen molar-refractivity contribution in [2.24, 2.45) is 0 Å². The van der Waals surface area contributed by atoms with E-state index in [1.54, 1.807) is 4.90 Å². The van der Waals surface area contributed by atoms with E-state index in [2.05, 4.69) is 32.7 Å². The minimum Gasteiger partial charge on any atom is -0.329 e. The zero-order valence-electron chi connectivity index (χ0n) is 14.5. The predicted octanol–water partition coefficient (Wildman–Crippen LogP) is 3.24. The van der Waals surface area contributed by atoms with Gasteiger partial charge in [-0.05, 0) is 42.9 Å². The highest BCUT2D eigenvalue weighted by Crippen LogP contribution is 2.23. The van der Waals surface area contributed by atoms with Crippen LogP contribution < -0.4 is 5.32 Å². The van der Waals surface area contributed by atoms with Gasteiger partial charge < -0.3 is 10.2 Å². The molecule has 1 fully saturated rings. The molecule has 1 heterocycles. The van der Waals surface area contributed by atoms with Crippen LogP contribution >= 0.6 is 0 Å². The number of likely N-dealkylation sites (N-methyl/N-ethyl adjacent to an activating group) is 1. The van der Waals surface area contributed by atoms with Crippen LogP contribution in [0.4, 0.5) is 0 Å². The number of allylic oxidation sites excluding steroid dienone is 1. The Morgan fingerprint density at radius 3 is 2.39 bits per heavy atom. The maximum absolute atomic E-state index is 12.8. The maximum atomic E-state index is 12.8. The van der Waals surface area contributed by atoms with E-state index in [0.29, 0.717) is 24.9 Å². The molecule has 0 spiro atoms. The summed E-state index contributed by atoms with van der Waals surface area (Å²) >= 11 is 0. The monoisotopic (exact) mass is 314 g/mol. The van der Waals surface area contributed by atoms with Crippen molar-refractivity contribution < 1.29 is 9.59 Å². The lowest BCUT2D eigenvalue weighted by molar-refractivity contribution is -0.126. The summed E-state index contributed by atoms with van der Waals surface area (Å²) in [6.45, 7) is 12.6. The minimum absolute atomic E-state index is 0.0512. The van der Waals surface area contributed by atoms with Crippen LogP contribution in [0.2, 0.25) is 0 Å². The summed E-state index contributed by atoms with van der Waals surface area (Å²) in [4.78, 5) is 26.6. The fraction of sp³-hybridized carbons (Fsp3) is 0.474. The van der Waals surface area contributed by atoms with Crippen molar-refractivity contribution >= 4 is 11.8 Å². The Morgan fingerprint density at radius 2 is 1.91 bits per heavy atom. The van der Waals surface area contributed by atoms with Gasteiger partial charge in [0, 0.05) is 17.8 Å². The van der Waals surface area contributed by atoms with E-state index in [1.807, 2.05) is 31.2 Å². The summed E-state index contributed by atoms with van der Waals surface area (Å²) in [6.07, 6.45) is 1.34. The first-order chi connectivity index (χ1) is 10.7. The molecule has 124 valence electrons. The molecular weight excluding hydrogens is 288 g/mol. The molecule has 0 bridgehead atoms. The molecular formula is C19H26N2O2. The topological polar surface area (TPSA) is 49.4 Å². The van der Waals surface area contributed by atoms with Crippen LogP contribution in [0.15, 0.2) is 36.5 Å². The van der Waals surface area contributed by atoms with Gasteiger partial charge in [-0.1, -0.05) is 39.5 Å². The highest BCUT2D eigenvalue weighted by atomic mass is 16.2. The van der Waals surface area contributed by atoms with Crippen LogP contribution in [-0.4, -0.2) is 29.3 Å². The number of amides is 2. The van der Waals surface area contributed by atoms with E-state index in [4.69, 9.17) is 0 Å². The third-order valence-electron chi connectivity index (χ3n) is 4.30. The van der Waals surface area contributed by atoms with Crippen LogP contribution in [-0.2, 0) is 10.2 Å². The molecule has 0 radical (unpaired) electrons. The van der Waals surface area contributed by atoms with Crippen molar-refractivity contribution in [1.29, 1.82) is 0 Å². The lowest BCUT2D eigenvalue weighted by Gasteiger charge is -2.33. The summed E-state index contributed by atoms with van der Waals surface area (Å²) < 4.78 is 0. The zero-order valence-corrected chi connectivity index (χ0v) is 14.5. The highest BCUT2D eigenvalue weighted by molar-refractivity contribution is 5.98. The summed E-state index contributed by atoms with van der Waals surface area (Å²) in [5.74, 6) is -0.233. The molecule has 1 atom stereocenters. The van der Waals surface area contributed by atoms with E-state index >= 15 is 0 Å². The van der Waals surface area contributed by atoms with Gasteiger partial charge in [-0.3, -0.25) is 9.59 Å². The average Bonchev–Trinajstić information content (AvgIpc) is 2.49. The Kier molecular flexibility index (Phi) is 4.93. The van der Waals surface area contributed by atoms with Crippen LogP contribution in [0.1, 0.15) is 56.5 Å². The average molecular weight is 314 g/mol. The van der Waals surface area contributed by atoms with Crippen LogP contribution in [0, 0.1) is 0 Å². The van der Waals surface area contributed by atoms with Gasteiger partial charge in [0.2, 0.25) is 5.91 Å². The third-order valence-corrected chi connectivity index (χ3v) is 4.30. The second-order valence-electron chi connectivity index (χ2n) is 7.07. The fourth-order valence-corrected chi connectivity index (χ4v) is 2.84. The molecule has 1 saturated heterocycles. The number of benzene rings is 1. The van der Waals surface area contributed by atoms with Gasteiger partial charge in [0.25, 0.3) is 5.91 Å². The summed E-state index contributed by atoms with van der Waals surface area (Å²) in [5, 5.41) is 2.75. The Labute approximate surface area is 138 Å². The number of rotatable bonds is 3. The molecule has 4 nitrogen and oxygen atoms in total. The van der Waals surface area contributed by atoms with Crippen molar-refractivity contribution in [1.82, 2.24) is 10.2 Å². The number of nitrogens with zero attached hydrogens (tertiary/aromatic N) is 1. The van der Waals surface area contributed by atoms with Gasteiger partial charge in [0.05, 0.1) is 0 Å². The van der Waals surface area contributed by atoms with Gasteiger partial charge in [-0.15, -0.1) is 0 Å². The molecule has 1 N–H and O–H groups in total. The minimum atomic E-state index is -0.416. The maximum Gasteiger partial charge on any atom is 0.254 e. The molecule has 1 unspecified atom stereocenters. The van der Waals surface area contributed by atoms with E-state index < -0.39 is 6.04 Å². The SMILES string of the molecule is C=C1CCC(N(CC)C(=O)c2ccc(C(C)(C)C)cc2)C(=O)N1. The van der Waals surface area contributed by atoms with Crippen molar-refractivity contribution in [2.45, 2.75) is 52.0 Å². The number of carbonyl (C=O) groups is 2. The second-order valence-corrected chi connectivity index (χ2v) is 7.07. The first kappa shape index (κ1) is 17.3. The van der Waals surface area contributed by atoms with Crippen LogP contribution in [0.5, 0.6) is 0 Å². The summed E-state index contributed by atoms with van der Waals surface area (Å²) in [6, 6.07) is 7.27. The Balaban J connectivity index is 2.20. The van der Waals surface area contributed by atoms with E-state index in [0.717, 1.165) is 5.70 Å². The van der Waals surface area contributed by atoms with Crippen molar-refractivity contribution in [3.05, 3.63) is 47.7 Å². The van der Waals surface area contributed by atoms with Gasteiger partial charge in [-0.25, -0.2) is 0 Å². The van der Waals surface area contributed by atoms with Crippen LogP contribution in [0.3, 0.4) is 0 Å². The molecule has 2 amide bonds. The molecule has 1 aliphatic rings. The standard InChI is InChI=1S/C19H26N2O2/c1-6-21(16-12-7-13(2)20-17(16)22)18(23)14-8-10-15(11-9-14)19(3,4)5/h8-11,16H,2,6-7,12H2,1,3-5H3,(H,20,22). The lowest BCUT2D eigenvalue weighted by atomic mass is 9.86. The van der Waals surface area contributed by atoms with E-state index in [1.165, 1.54) is 5.56 Å². The van der Waals surface area contributed by atoms with Crippen LogP contribution in [0.25, 0.3) is 0 Å². The lowest BCUT2D eigenvalue weighted by Crippen LogP contribution is -2.51. The molecule has 4 heteroatoms. The zero-order chi connectivity index (χ0) is 17.2. The summed E-state index contributed by atoms with van der Waals surface area (Å²) in [5.41, 5.74) is 2.58. The van der Waals surface area contributed by atoms with Gasteiger partial charge in [0.1, 0.15) is 6.04 Å². The molecule has 0 saturated carbocycles. The highest BCUT2D eigenvalue weighted by Gasteiger charge is 2.32. The third kappa shape index (κ3) is 3.81. The van der Waals surface area contributed by atoms with E-state index in [-0.39, 0.29) is 17.2 Å². The van der Waals surface area contributed by atoms with Gasteiger partial charge in [-0.2, -0.15) is 0 Å². The summed E-state index contributed by atoms with van der Waals surface area (Å²) in [7, 11) is 0. The molecule has 0 aromatic heterocycles. The molecule has 2 rings (SSSR count). The predicted molar refractivity (Wildman–Crippen MR) is 92.2 cm³/mol. The number of nitrogens with one attached hydrogen (secondary N) is 1. The second kappa shape index (κ2) is 6.57. The number of hydrogen-bond donors (Lipinski definition) is 1.